The Morgan fingerprint density at radius 2 is 1.86 bits per heavy atom. The van der Waals surface area contributed by atoms with Crippen LogP contribution in [0.3, 0.4) is 0 Å². The van der Waals surface area contributed by atoms with E-state index in [1.807, 2.05) is 0 Å². The lowest BCUT2D eigenvalue weighted by molar-refractivity contribution is -0.137. The van der Waals surface area contributed by atoms with Crippen LogP contribution in [0.2, 0.25) is 5.02 Å². The van der Waals surface area contributed by atoms with Gasteiger partial charge in [-0.15, -0.1) is 0 Å². The molecule has 0 aromatic heterocycles. The van der Waals surface area contributed by atoms with E-state index in [1.165, 1.54) is 0 Å². The van der Waals surface area contributed by atoms with Crippen LogP contribution in [0.1, 0.15) is 15.9 Å². The number of hydrogen-bond donors (Lipinski definition) is 0. The molecule has 0 fully saturated rings. The second-order valence-electron chi connectivity index (χ2n) is 2.45. The quantitative estimate of drug-likeness (QED) is 0.530. The molecule has 6 heteroatoms. The molecule has 14 heavy (non-hydrogen) atoms. The highest BCUT2D eigenvalue weighted by atomic mass is 35.5. The molecular formula is C8H3ClF4O. The molecule has 76 valence electrons. The van der Waals surface area contributed by atoms with Crippen LogP contribution >= 0.6 is 11.6 Å². The van der Waals surface area contributed by atoms with Crippen LogP contribution in [-0.2, 0) is 6.18 Å². The second kappa shape index (κ2) is 3.57. The molecule has 0 atom stereocenters. The van der Waals surface area contributed by atoms with E-state index >= 15 is 0 Å². The summed E-state index contributed by atoms with van der Waals surface area (Å²) < 4.78 is 49.3. The minimum atomic E-state index is -4.72. The third kappa shape index (κ3) is 1.87. The second-order valence-corrected chi connectivity index (χ2v) is 2.82. The van der Waals surface area contributed by atoms with Gasteiger partial charge in [0.1, 0.15) is 0 Å². The fourth-order valence-corrected chi connectivity index (χ4v) is 1.15. The van der Waals surface area contributed by atoms with E-state index in [4.69, 9.17) is 11.6 Å². The van der Waals surface area contributed by atoms with Crippen LogP contribution in [0.15, 0.2) is 12.1 Å². The van der Waals surface area contributed by atoms with E-state index in [0.29, 0.717) is 6.07 Å². The molecule has 0 heterocycles. The van der Waals surface area contributed by atoms with E-state index < -0.39 is 28.1 Å². The van der Waals surface area contributed by atoms with E-state index in [2.05, 4.69) is 0 Å². The van der Waals surface area contributed by atoms with Gasteiger partial charge >= 0.3 is 6.18 Å². The van der Waals surface area contributed by atoms with Gasteiger partial charge in [-0.05, 0) is 12.1 Å². The van der Waals surface area contributed by atoms with Crippen molar-refractivity contribution < 1.29 is 22.4 Å². The Morgan fingerprint density at radius 3 is 2.29 bits per heavy atom. The summed E-state index contributed by atoms with van der Waals surface area (Å²) in [5, 5.41) is -1.08. The maximum Gasteiger partial charge on any atom is 0.417 e. The van der Waals surface area contributed by atoms with E-state index in [1.54, 1.807) is 0 Å². The predicted molar refractivity (Wildman–Crippen MR) is 41.8 cm³/mol. The highest BCUT2D eigenvalue weighted by molar-refractivity contribution is 6.31. The molecule has 0 spiro atoms. The lowest BCUT2D eigenvalue weighted by Gasteiger charge is -2.09. The third-order valence-corrected chi connectivity index (χ3v) is 1.91. The highest BCUT2D eigenvalue weighted by Gasteiger charge is 2.34. The van der Waals surface area contributed by atoms with Crippen LogP contribution < -0.4 is 0 Å². The molecule has 0 saturated carbocycles. The van der Waals surface area contributed by atoms with Crippen molar-refractivity contribution in [3.05, 3.63) is 34.1 Å². The molecule has 0 saturated heterocycles. The maximum absolute atomic E-state index is 12.9. The van der Waals surface area contributed by atoms with Gasteiger partial charge in [0.15, 0.2) is 12.1 Å². The molecule has 0 aliphatic rings. The third-order valence-electron chi connectivity index (χ3n) is 1.54. The predicted octanol–water partition coefficient (Wildman–Crippen LogP) is 3.31. The fraction of sp³-hybridized carbons (Fsp3) is 0.125. The van der Waals surface area contributed by atoms with Crippen molar-refractivity contribution in [2.45, 2.75) is 6.18 Å². The first-order chi connectivity index (χ1) is 6.38. The van der Waals surface area contributed by atoms with Crippen molar-refractivity contribution in [1.82, 2.24) is 0 Å². The van der Waals surface area contributed by atoms with Crippen molar-refractivity contribution >= 4 is 17.9 Å². The normalized spacial score (nSPS) is 11.5. The molecule has 1 aromatic rings. The number of carbonyl (C=O) groups is 1. The summed E-state index contributed by atoms with van der Waals surface area (Å²) >= 11 is 5.11. The van der Waals surface area contributed by atoms with Gasteiger partial charge in [0.2, 0.25) is 0 Å². The first kappa shape index (κ1) is 11.0. The molecule has 1 nitrogen and oxygen atoms in total. The number of halogens is 5. The van der Waals surface area contributed by atoms with Crippen LogP contribution in [0.4, 0.5) is 17.6 Å². The van der Waals surface area contributed by atoms with Crippen LogP contribution in [-0.4, -0.2) is 6.29 Å². The Balaban J connectivity index is 3.38. The number of benzene rings is 1. The van der Waals surface area contributed by atoms with Crippen molar-refractivity contribution in [2.75, 3.05) is 0 Å². The van der Waals surface area contributed by atoms with Gasteiger partial charge in [-0.3, -0.25) is 4.79 Å². The number of alkyl halides is 3. The summed E-state index contributed by atoms with van der Waals surface area (Å²) in [5.41, 5.74) is -1.79. The molecule has 1 aromatic carbocycles. The zero-order valence-corrected chi connectivity index (χ0v) is 7.29. The Bertz CT molecular complexity index is 372. The van der Waals surface area contributed by atoms with Gasteiger partial charge in [0.05, 0.1) is 16.1 Å². The minimum absolute atomic E-state index is 0.0986. The van der Waals surface area contributed by atoms with Gasteiger partial charge in [0.25, 0.3) is 0 Å². The first-order valence-corrected chi connectivity index (χ1v) is 3.76. The molecule has 1 rings (SSSR count). The zero-order chi connectivity index (χ0) is 10.9. The van der Waals surface area contributed by atoms with E-state index in [9.17, 15) is 22.4 Å². The summed E-state index contributed by atoms with van der Waals surface area (Å²) in [5.74, 6) is -1.35. The Kier molecular flexibility index (Phi) is 2.80. The van der Waals surface area contributed by atoms with Gasteiger partial charge in [-0.25, -0.2) is 4.39 Å². The molecule has 0 N–H and O–H groups in total. The topological polar surface area (TPSA) is 17.1 Å². The highest BCUT2D eigenvalue weighted by Crippen LogP contribution is 2.36. The summed E-state index contributed by atoms with van der Waals surface area (Å²) in [6, 6.07) is 1.30. The Hall–Kier alpha value is -1.10. The largest absolute Gasteiger partial charge is 0.417 e. The summed E-state index contributed by atoms with van der Waals surface area (Å²) in [4.78, 5) is 10.2. The number of rotatable bonds is 1. The SMILES string of the molecule is O=Cc1ccc(C(F)(F)F)c(Cl)c1F. The summed E-state index contributed by atoms with van der Waals surface area (Å²) in [6.45, 7) is 0. The molecule has 0 unspecified atom stereocenters. The van der Waals surface area contributed by atoms with Crippen molar-refractivity contribution in [2.24, 2.45) is 0 Å². The lowest BCUT2D eigenvalue weighted by atomic mass is 10.1. The van der Waals surface area contributed by atoms with Crippen molar-refractivity contribution in [3.8, 4) is 0 Å². The standard InChI is InChI=1S/C8H3ClF4O/c9-6-5(8(11,12)13)2-1-4(3-14)7(6)10/h1-3H. The van der Waals surface area contributed by atoms with Crippen molar-refractivity contribution in [1.29, 1.82) is 0 Å². The van der Waals surface area contributed by atoms with Gasteiger partial charge in [-0.2, -0.15) is 13.2 Å². The molecule has 0 aliphatic heterocycles. The van der Waals surface area contributed by atoms with Crippen molar-refractivity contribution in [3.63, 3.8) is 0 Å². The molecule has 0 aliphatic carbocycles. The lowest BCUT2D eigenvalue weighted by Crippen LogP contribution is -2.07. The smallest absolute Gasteiger partial charge is 0.298 e. The number of carbonyl (C=O) groups excluding carboxylic acids is 1. The maximum atomic E-state index is 12.9. The van der Waals surface area contributed by atoms with Crippen LogP contribution in [0.5, 0.6) is 0 Å². The van der Waals surface area contributed by atoms with E-state index in [0.717, 1.165) is 6.07 Å². The average Bonchev–Trinajstić information content (AvgIpc) is 2.07. The summed E-state index contributed by atoms with van der Waals surface area (Å²) in [6.07, 6.45) is -4.62. The first-order valence-electron chi connectivity index (χ1n) is 3.38. The molecular weight excluding hydrogens is 224 g/mol. The van der Waals surface area contributed by atoms with Gasteiger partial charge in [-0.1, -0.05) is 11.6 Å². The zero-order valence-electron chi connectivity index (χ0n) is 6.53. The summed E-state index contributed by atoms with van der Waals surface area (Å²) in [7, 11) is 0. The van der Waals surface area contributed by atoms with Crippen LogP contribution in [0.25, 0.3) is 0 Å². The number of hydrogen-bond acceptors (Lipinski definition) is 1. The molecule has 0 bridgehead atoms. The Morgan fingerprint density at radius 1 is 1.29 bits per heavy atom. The minimum Gasteiger partial charge on any atom is -0.298 e. The van der Waals surface area contributed by atoms with Gasteiger partial charge in [0, 0.05) is 0 Å². The van der Waals surface area contributed by atoms with Crippen LogP contribution in [0, 0.1) is 5.82 Å². The Labute approximate surface area is 81.3 Å². The fourth-order valence-electron chi connectivity index (χ4n) is 0.874. The van der Waals surface area contributed by atoms with E-state index in [-0.39, 0.29) is 6.29 Å². The van der Waals surface area contributed by atoms with Gasteiger partial charge < -0.3 is 0 Å². The molecule has 0 radical (unpaired) electrons. The average molecular weight is 227 g/mol. The number of aldehydes is 1. The monoisotopic (exact) mass is 226 g/mol. The molecule has 0 amide bonds.